The number of rotatable bonds is 6. The van der Waals surface area contributed by atoms with Gasteiger partial charge in [-0.05, 0) is 41.8 Å². The summed E-state index contributed by atoms with van der Waals surface area (Å²) in [7, 11) is 0. The summed E-state index contributed by atoms with van der Waals surface area (Å²) in [6.45, 7) is 2.17. The zero-order valence-electron chi connectivity index (χ0n) is 14.0. The predicted molar refractivity (Wildman–Crippen MR) is 98.8 cm³/mol. The van der Waals surface area contributed by atoms with E-state index in [1.54, 1.807) is 24.3 Å². The van der Waals surface area contributed by atoms with Crippen LogP contribution in [0.4, 0.5) is 5.69 Å². The van der Waals surface area contributed by atoms with Crippen LogP contribution in [0, 0.1) is 23.7 Å². The van der Waals surface area contributed by atoms with Crippen molar-refractivity contribution in [2.45, 2.75) is 13.3 Å². The molecule has 0 aliphatic rings. The first-order valence-corrected chi connectivity index (χ1v) is 7.85. The second-order valence-corrected chi connectivity index (χ2v) is 5.20. The Bertz CT molecular complexity index is 870. The molecule has 0 aliphatic heterocycles. The van der Waals surface area contributed by atoms with Crippen LogP contribution in [0.3, 0.4) is 0 Å². The molecule has 0 heterocycles. The van der Waals surface area contributed by atoms with Crippen LogP contribution in [0.15, 0.2) is 54.1 Å². The number of hydrogen-bond donors (Lipinski definition) is 1. The molecular formula is C21H18N2O2. The molecule has 2 rings (SSSR count). The minimum atomic E-state index is -0.446. The zero-order chi connectivity index (χ0) is 18.1. The van der Waals surface area contributed by atoms with Crippen LogP contribution in [0.1, 0.15) is 18.1 Å². The molecule has 0 atom stereocenters. The Morgan fingerprint density at radius 3 is 2.80 bits per heavy atom. The average Bonchev–Trinajstić information content (AvgIpc) is 2.65. The van der Waals surface area contributed by atoms with Crippen LogP contribution in [0.25, 0.3) is 6.08 Å². The van der Waals surface area contributed by atoms with Gasteiger partial charge >= 0.3 is 0 Å². The van der Waals surface area contributed by atoms with E-state index in [0.717, 1.165) is 12.0 Å². The lowest BCUT2D eigenvalue weighted by molar-refractivity contribution is -0.112. The highest BCUT2D eigenvalue weighted by molar-refractivity contribution is 6.10. The first kappa shape index (κ1) is 17.8. The van der Waals surface area contributed by atoms with Gasteiger partial charge < -0.3 is 10.1 Å². The number of carbonyl (C=O) groups excluding carboxylic acids is 1. The Kier molecular flexibility index (Phi) is 6.39. The molecule has 4 nitrogen and oxygen atoms in total. The molecule has 0 radical (unpaired) electrons. The maximum Gasteiger partial charge on any atom is 0.266 e. The van der Waals surface area contributed by atoms with Gasteiger partial charge in [-0.25, -0.2) is 0 Å². The van der Waals surface area contributed by atoms with Crippen LogP contribution in [0.5, 0.6) is 5.75 Å². The number of nitrogens with zero attached hydrogens (tertiary/aromatic N) is 1. The molecule has 0 aromatic heterocycles. The maximum atomic E-state index is 12.4. The standard InChI is InChI=1S/C21H18N2O2/c1-3-12-25-19-10-7-8-16(14-19)13-18(15-22)21(24)23-20-11-6-5-9-17(20)4-2/h1,5-11,13-14H,4,12H2,2H3,(H,23,24)/b18-13-. The lowest BCUT2D eigenvalue weighted by Crippen LogP contribution is -2.14. The highest BCUT2D eigenvalue weighted by Gasteiger charge is 2.11. The van der Waals surface area contributed by atoms with Gasteiger partial charge in [-0.3, -0.25) is 4.79 Å². The molecule has 0 unspecified atom stereocenters. The van der Waals surface area contributed by atoms with E-state index in [2.05, 4.69) is 11.2 Å². The van der Waals surface area contributed by atoms with Crippen molar-refractivity contribution in [2.75, 3.05) is 11.9 Å². The molecule has 1 amide bonds. The highest BCUT2D eigenvalue weighted by Crippen LogP contribution is 2.19. The van der Waals surface area contributed by atoms with Crippen molar-refractivity contribution in [3.63, 3.8) is 0 Å². The summed E-state index contributed by atoms with van der Waals surface area (Å²) in [4.78, 5) is 12.4. The molecule has 1 N–H and O–H groups in total. The second-order valence-electron chi connectivity index (χ2n) is 5.20. The van der Waals surface area contributed by atoms with Gasteiger partial charge in [0.05, 0.1) is 0 Å². The minimum absolute atomic E-state index is 0.0139. The number of para-hydroxylation sites is 1. The second kappa shape index (κ2) is 8.96. The number of nitrogens with one attached hydrogen (secondary N) is 1. The SMILES string of the molecule is C#CCOc1cccc(/C=C(/C#N)C(=O)Nc2ccccc2CC)c1. The number of nitriles is 1. The Balaban J connectivity index is 2.21. The third kappa shape index (κ3) is 4.99. The van der Waals surface area contributed by atoms with E-state index >= 15 is 0 Å². The fraction of sp³-hybridized carbons (Fsp3) is 0.143. The molecule has 124 valence electrons. The van der Waals surface area contributed by atoms with E-state index < -0.39 is 5.91 Å². The number of amides is 1. The van der Waals surface area contributed by atoms with Crippen LogP contribution in [-0.4, -0.2) is 12.5 Å². The predicted octanol–water partition coefficient (Wildman–Crippen LogP) is 3.81. The fourth-order valence-corrected chi connectivity index (χ4v) is 2.27. The van der Waals surface area contributed by atoms with Gasteiger partial charge in [-0.15, -0.1) is 6.42 Å². The average molecular weight is 330 g/mol. The van der Waals surface area contributed by atoms with E-state index in [4.69, 9.17) is 11.2 Å². The summed E-state index contributed by atoms with van der Waals surface area (Å²) < 4.78 is 5.35. The number of carbonyl (C=O) groups is 1. The van der Waals surface area contributed by atoms with Gasteiger partial charge in [0, 0.05) is 5.69 Å². The number of benzene rings is 2. The quantitative estimate of drug-likeness (QED) is 0.498. The van der Waals surface area contributed by atoms with E-state index in [9.17, 15) is 10.1 Å². The van der Waals surface area contributed by atoms with Gasteiger partial charge in [-0.2, -0.15) is 5.26 Å². The summed E-state index contributed by atoms with van der Waals surface area (Å²) in [5.41, 5.74) is 2.42. The number of aryl methyl sites for hydroxylation is 1. The van der Waals surface area contributed by atoms with Gasteiger partial charge in [0.15, 0.2) is 0 Å². The smallest absolute Gasteiger partial charge is 0.266 e. The van der Waals surface area contributed by atoms with Crippen molar-refractivity contribution in [2.24, 2.45) is 0 Å². The van der Waals surface area contributed by atoms with Crippen molar-refractivity contribution < 1.29 is 9.53 Å². The topological polar surface area (TPSA) is 62.1 Å². The van der Waals surface area contributed by atoms with Crippen LogP contribution < -0.4 is 10.1 Å². The summed E-state index contributed by atoms with van der Waals surface area (Å²) in [5.74, 6) is 2.53. The van der Waals surface area contributed by atoms with Crippen LogP contribution in [-0.2, 0) is 11.2 Å². The van der Waals surface area contributed by atoms with Crippen molar-refractivity contribution in [3.05, 3.63) is 65.2 Å². The van der Waals surface area contributed by atoms with Gasteiger partial charge in [0.1, 0.15) is 24.0 Å². The highest BCUT2D eigenvalue weighted by atomic mass is 16.5. The molecule has 0 saturated heterocycles. The van der Waals surface area contributed by atoms with E-state index in [-0.39, 0.29) is 12.2 Å². The fourth-order valence-electron chi connectivity index (χ4n) is 2.27. The number of ether oxygens (including phenoxy) is 1. The Morgan fingerprint density at radius 2 is 2.08 bits per heavy atom. The van der Waals surface area contributed by atoms with Crippen molar-refractivity contribution in [1.29, 1.82) is 5.26 Å². The summed E-state index contributed by atoms with van der Waals surface area (Å²) in [6, 6.07) is 16.5. The van der Waals surface area contributed by atoms with E-state index in [1.165, 1.54) is 6.08 Å². The summed E-state index contributed by atoms with van der Waals surface area (Å²) >= 11 is 0. The lowest BCUT2D eigenvalue weighted by atomic mass is 10.1. The number of hydrogen-bond acceptors (Lipinski definition) is 3. The largest absolute Gasteiger partial charge is 0.481 e. The van der Waals surface area contributed by atoms with Gasteiger partial charge in [0.25, 0.3) is 5.91 Å². The van der Waals surface area contributed by atoms with Crippen LogP contribution >= 0.6 is 0 Å². The molecule has 0 spiro atoms. The lowest BCUT2D eigenvalue weighted by Gasteiger charge is -2.09. The molecule has 4 heteroatoms. The maximum absolute atomic E-state index is 12.4. The van der Waals surface area contributed by atoms with Crippen LogP contribution in [0.2, 0.25) is 0 Å². The molecule has 0 bridgehead atoms. The van der Waals surface area contributed by atoms with E-state index in [1.807, 2.05) is 37.3 Å². The first-order valence-electron chi connectivity index (χ1n) is 7.85. The molecule has 0 fully saturated rings. The Labute approximate surface area is 147 Å². The Hall–Kier alpha value is -3.50. The molecular weight excluding hydrogens is 312 g/mol. The summed E-state index contributed by atoms with van der Waals surface area (Å²) in [5, 5.41) is 12.1. The van der Waals surface area contributed by atoms with Crippen molar-refractivity contribution >= 4 is 17.7 Å². The zero-order valence-corrected chi connectivity index (χ0v) is 14.0. The molecule has 2 aromatic carbocycles. The molecule has 2 aromatic rings. The Morgan fingerprint density at radius 1 is 1.28 bits per heavy atom. The van der Waals surface area contributed by atoms with Gasteiger partial charge in [-0.1, -0.05) is 43.2 Å². The monoisotopic (exact) mass is 330 g/mol. The molecule has 0 aliphatic carbocycles. The van der Waals surface area contributed by atoms with Crippen molar-refractivity contribution in [3.8, 4) is 24.2 Å². The molecule has 0 saturated carbocycles. The summed E-state index contributed by atoms with van der Waals surface area (Å²) in [6.07, 6.45) is 7.48. The van der Waals surface area contributed by atoms with Gasteiger partial charge in [0.2, 0.25) is 0 Å². The third-order valence-electron chi connectivity index (χ3n) is 3.50. The third-order valence-corrected chi connectivity index (χ3v) is 3.50. The number of anilines is 1. The van der Waals surface area contributed by atoms with Crippen molar-refractivity contribution in [1.82, 2.24) is 0 Å². The molecule has 25 heavy (non-hydrogen) atoms. The normalized spacial score (nSPS) is 10.4. The number of terminal acetylenes is 1. The van der Waals surface area contributed by atoms with E-state index in [0.29, 0.717) is 17.0 Å². The minimum Gasteiger partial charge on any atom is -0.481 e. The first-order chi connectivity index (χ1) is 12.2.